The first-order chi connectivity index (χ1) is 5.09. The van der Waals surface area contributed by atoms with Crippen LogP contribution in [0.4, 0.5) is 0 Å². The number of phenolic OH excluding ortho intramolecular Hbond substituents is 2. The van der Waals surface area contributed by atoms with Crippen molar-refractivity contribution in [3.8, 4) is 11.5 Å². The number of hydrogen-bond donors (Lipinski definition) is 3. The molecule has 0 unspecified atom stereocenters. The molecule has 1 rings (SSSR count). The van der Waals surface area contributed by atoms with Crippen molar-refractivity contribution in [2.45, 2.75) is 0 Å². The third-order valence-electron chi connectivity index (χ3n) is 1.15. The number of phenols is 2. The van der Waals surface area contributed by atoms with Crippen LogP contribution in [0.2, 0.25) is 0 Å². The summed E-state index contributed by atoms with van der Waals surface area (Å²) < 4.78 is 0. The molecule has 0 amide bonds. The fourth-order valence-corrected chi connectivity index (χ4v) is 0.719. The molecular formula is C7H6O4. The zero-order valence-electron chi connectivity index (χ0n) is 5.48. The Kier molecular flexibility index (Phi) is 1.68. The number of aromatic hydroxyl groups is 2. The zero-order chi connectivity index (χ0) is 8.43. The third-order valence-corrected chi connectivity index (χ3v) is 1.15. The van der Waals surface area contributed by atoms with E-state index < -0.39 is 5.97 Å². The predicted molar refractivity (Wildman–Crippen MR) is 36.7 cm³/mol. The summed E-state index contributed by atoms with van der Waals surface area (Å²) in [6, 6.07) is 3.18. The van der Waals surface area contributed by atoms with Crippen molar-refractivity contribution in [2.24, 2.45) is 0 Å². The van der Waals surface area contributed by atoms with Crippen molar-refractivity contribution in [2.75, 3.05) is 0 Å². The van der Waals surface area contributed by atoms with Crippen LogP contribution in [0.5, 0.6) is 11.5 Å². The van der Waals surface area contributed by atoms with Gasteiger partial charge in [-0.25, -0.2) is 4.79 Å². The Morgan fingerprint density at radius 1 is 1.09 bits per heavy atom. The highest BCUT2D eigenvalue weighted by atomic mass is 16.4. The van der Waals surface area contributed by atoms with E-state index in [-0.39, 0.29) is 17.1 Å². The minimum atomic E-state index is -1.18. The van der Waals surface area contributed by atoms with Crippen LogP contribution in [0.25, 0.3) is 0 Å². The van der Waals surface area contributed by atoms with Crippen LogP contribution in [0.15, 0.2) is 18.2 Å². The molecule has 0 atom stereocenters. The Labute approximate surface area is 62.3 Å². The number of carboxylic acids is 1. The van der Waals surface area contributed by atoms with Gasteiger partial charge in [0.1, 0.15) is 11.5 Å². The number of hydrogen-bond acceptors (Lipinski definition) is 3. The van der Waals surface area contributed by atoms with Gasteiger partial charge in [-0.1, -0.05) is 0 Å². The highest BCUT2D eigenvalue weighted by Gasteiger charge is 2.04. The first-order valence-electron chi connectivity index (χ1n) is 2.86. The van der Waals surface area contributed by atoms with Crippen LogP contribution in [-0.2, 0) is 0 Å². The van der Waals surface area contributed by atoms with E-state index in [1.165, 1.54) is 0 Å². The average molecular weight is 160 g/mol. The maximum atomic E-state index is 10.3. The molecule has 11 heavy (non-hydrogen) atoms. The molecule has 0 aromatic heterocycles. The Hall–Kier alpha value is -1.71. The minimum absolute atomic E-state index is 0.137. The molecule has 0 spiro atoms. The second-order valence-electron chi connectivity index (χ2n) is 2.04. The average Bonchev–Trinajstić information content (AvgIpc) is 1.85. The van der Waals surface area contributed by atoms with E-state index in [0.717, 1.165) is 18.2 Å². The lowest BCUT2D eigenvalue weighted by Crippen LogP contribution is -1.94. The smallest absolute Gasteiger partial charge is 0.335 e. The second kappa shape index (κ2) is 2.49. The number of carboxylic acid groups (broad SMARTS) is 1. The monoisotopic (exact) mass is 160 g/mol. The van der Waals surface area contributed by atoms with E-state index in [4.69, 9.17) is 15.3 Å². The molecule has 1 aromatic rings. The van der Waals surface area contributed by atoms with Crippen LogP contribution in [0, 0.1) is 0 Å². The van der Waals surface area contributed by atoms with Crippen molar-refractivity contribution in [1.82, 2.24) is 0 Å². The largest absolute Gasteiger partial charge is 0.508 e. The van der Waals surface area contributed by atoms with Gasteiger partial charge in [-0.05, 0) is 12.1 Å². The summed E-state index contributed by atoms with van der Waals surface area (Å²) in [4.78, 5) is 10.3. The lowest BCUT2D eigenvalue weighted by atomic mass is 10.9. The van der Waals surface area contributed by atoms with Gasteiger partial charge in [-0.15, -0.1) is 0 Å². The number of carbonyl (C=O) groups is 1. The molecule has 0 aliphatic carbocycles. The normalized spacial score (nSPS) is 9.45. The fraction of sp³-hybridized carbons (Fsp3) is 0. The van der Waals surface area contributed by atoms with Crippen molar-refractivity contribution in [3.63, 3.8) is 0 Å². The van der Waals surface area contributed by atoms with Crippen molar-refractivity contribution in [3.05, 3.63) is 23.8 Å². The Bertz CT molecular complexity index is 272. The van der Waals surface area contributed by atoms with Crippen LogP contribution in [0.1, 0.15) is 10.4 Å². The van der Waals surface area contributed by atoms with Crippen LogP contribution >= 0.6 is 0 Å². The molecule has 58 valence electrons. The number of aromatic carboxylic acids is 1. The lowest BCUT2D eigenvalue weighted by Gasteiger charge is -1.96. The summed E-state index contributed by atoms with van der Waals surface area (Å²) in [7, 11) is 0. The molecule has 4 nitrogen and oxygen atoms in total. The molecule has 0 saturated carbocycles. The molecule has 3 N–H and O–H groups in total. The molecular weight excluding hydrogens is 154 g/mol. The van der Waals surface area contributed by atoms with Crippen LogP contribution in [-0.4, -0.2) is 21.3 Å². The quantitative estimate of drug-likeness (QED) is 0.567. The van der Waals surface area contributed by atoms with Gasteiger partial charge in [0, 0.05) is 6.07 Å². The van der Waals surface area contributed by atoms with Gasteiger partial charge in [-0.2, -0.15) is 0 Å². The van der Waals surface area contributed by atoms with Crippen LogP contribution in [0.3, 0.4) is 0 Å². The summed E-state index contributed by atoms with van der Waals surface area (Å²) in [6.07, 6.45) is 0. The van der Waals surface area contributed by atoms with E-state index >= 15 is 0 Å². The highest BCUT2D eigenvalue weighted by Crippen LogP contribution is 2.19. The second-order valence-corrected chi connectivity index (χ2v) is 2.04. The molecule has 4 heteroatoms. The van der Waals surface area contributed by atoms with E-state index in [1.54, 1.807) is 0 Å². The molecule has 0 bridgehead atoms. The van der Waals surface area contributed by atoms with E-state index in [9.17, 15) is 4.79 Å². The molecule has 1 aromatic carbocycles. The highest BCUT2D eigenvalue weighted by molar-refractivity contribution is 5.88. The standard InChI is InChI=1S/C7H6O4/c8-5-1-4(7(10)11)2-6(9)3-5/h1-3,8-9H,(H,10,11)/i1+1,2+1,3+1,4+1,5+1,6+1. The summed E-state index contributed by atoms with van der Waals surface area (Å²) >= 11 is 0. The van der Waals surface area contributed by atoms with Crippen molar-refractivity contribution >= 4 is 5.97 Å². The topological polar surface area (TPSA) is 77.8 Å². The van der Waals surface area contributed by atoms with Crippen molar-refractivity contribution in [1.29, 1.82) is 0 Å². The van der Waals surface area contributed by atoms with Gasteiger partial charge in [0.05, 0.1) is 5.56 Å². The van der Waals surface area contributed by atoms with E-state index in [2.05, 4.69) is 0 Å². The summed E-state index contributed by atoms with van der Waals surface area (Å²) in [6.45, 7) is 0. The lowest BCUT2D eigenvalue weighted by molar-refractivity contribution is 0.0696. The van der Waals surface area contributed by atoms with Crippen molar-refractivity contribution < 1.29 is 20.1 Å². The fourth-order valence-electron chi connectivity index (χ4n) is 0.719. The van der Waals surface area contributed by atoms with Gasteiger partial charge >= 0.3 is 5.97 Å². The maximum Gasteiger partial charge on any atom is 0.335 e. The van der Waals surface area contributed by atoms with Gasteiger partial charge < -0.3 is 15.3 Å². The molecule has 0 aliphatic heterocycles. The zero-order valence-corrected chi connectivity index (χ0v) is 5.48. The molecule has 0 heterocycles. The van der Waals surface area contributed by atoms with E-state index in [0.29, 0.717) is 0 Å². The summed E-state index contributed by atoms with van der Waals surface area (Å²) in [5, 5.41) is 26.1. The van der Waals surface area contributed by atoms with Gasteiger partial charge in [-0.3, -0.25) is 0 Å². The Balaban J connectivity index is 3.19. The number of rotatable bonds is 1. The van der Waals surface area contributed by atoms with E-state index in [1.807, 2.05) is 0 Å². The molecule has 0 radical (unpaired) electrons. The summed E-state index contributed by atoms with van der Waals surface area (Å²) in [5.74, 6) is -1.71. The van der Waals surface area contributed by atoms with Gasteiger partial charge in [0.25, 0.3) is 0 Å². The Morgan fingerprint density at radius 3 is 1.91 bits per heavy atom. The third kappa shape index (κ3) is 1.61. The Morgan fingerprint density at radius 2 is 1.55 bits per heavy atom. The van der Waals surface area contributed by atoms with Crippen LogP contribution < -0.4 is 0 Å². The first kappa shape index (κ1) is 7.40. The van der Waals surface area contributed by atoms with Gasteiger partial charge in [0.2, 0.25) is 0 Å². The minimum Gasteiger partial charge on any atom is -0.508 e. The molecule has 0 fully saturated rings. The maximum absolute atomic E-state index is 10.3. The molecule has 0 saturated heterocycles. The summed E-state index contributed by atoms with van der Waals surface area (Å²) in [5.41, 5.74) is -0.137. The predicted octanol–water partition coefficient (Wildman–Crippen LogP) is 0.796. The van der Waals surface area contributed by atoms with Gasteiger partial charge in [0.15, 0.2) is 0 Å². The number of benzene rings is 1. The SMILES string of the molecule is O=C(O)[13c]1[13cH][13c](O)[13cH][13c](O)[13cH]1. The molecule has 0 aliphatic rings. The first-order valence-corrected chi connectivity index (χ1v) is 2.86.